The Morgan fingerprint density at radius 2 is 1.42 bits per heavy atom. The first kappa shape index (κ1) is 21.7. The number of nitrogens with two attached hydrogens (primary N) is 1. The fourth-order valence-electron chi connectivity index (χ4n) is 3.58. The van der Waals surface area contributed by atoms with E-state index in [0.717, 1.165) is 11.1 Å². The standard InChI is InChI=1S/C24H23N3O4/c1-24(18-11-4-2-5-12-18,19-13-6-3-7-14-19)23(29)26-20(22(25)28)16-17-10-8-9-15-21(17)27(30)31/h2-15,20H,16H2,1H3,(H2,25,28)(H,26,29)/t20-/m0/s1. The molecule has 0 fully saturated rings. The number of carbonyl (C=O) groups is 2. The van der Waals surface area contributed by atoms with Gasteiger partial charge in [0.15, 0.2) is 0 Å². The van der Waals surface area contributed by atoms with Crippen LogP contribution in [0.3, 0.4) is 0 Å². The van der Waals surface area contributed by atoms with E-state index in [4.69, 9.17) is 5.73 Å². The number of nitro groups is 1. The predicted molar refractivity (Wildman–Crippen MR) is 117 cm³/mol. The van der Waals surface area contributed by atoms with Gasteiger partial charge >= 0.3 is 0 Å². The van der Waals surface area contributed by atoms with Crippen LogP contribution in [0.15, 0.2) is 84.9 Å². The Balaban J connectivity index is 1.96. The van der Waals surface area contributed by atoms with Crippen molar-refractivity contribution < 1.29 is 14.5 Å². The van der Waals surface area contributed by atoms with Crippen LogP contribution in [0.5, 0.6) is 0 Å². The highest BCUT2D eigenvalue weighted by Crippen LogP contribution is 2.32. The van der Waals surface area contributed by atoms with Gasteiger partial charge in [0.25, 0.3) is 5.69 Å². The van der Waals surface area contributed by atoms with Crippen LogP contribution >= 0.6 is 0 Å². The molecule has 31 heavy (non-hydrogen) atoms. The smallest absolute Gasteiger partial charge is 0.272 e. The molecule has 3 aromatic carbocycles. The first-order valence-electron chi connectivity index (χ1n) is 9.77. The maximum atomic E-state index is 13.5. The van der Waals surface area contributed by atoms with Gasteiger partial charge in [-0.3, -0.25) is 19.7 Å². The second-order valence-corrected chi connectivity index (χ2v) is 7.38. The van der Waals surface area contributed by atoms with Gasteiger partial charge in [-0.05, 0) is 18.1 Å². The van der Waals surface area contributed by atoms with Crippen molar-refractivity contribution in [2.24, 2.45) is 5.73 Å². The summed E-state index contributed by atoms with van der Waals surface area (Å²) >= 11 is 0. The highest BCUT2D eigenvalue weighted by molar-refractivity contribution is 5.95. The molecule has 0 radical (unpaired) electrons. The first-order chi connectivity index (χ1) is 14.8. The van der Waals surface area contributed by atoms with Crippen LogP contribution in [0, 0.1) is 10.1 Å². The summed E-state index contributed by atoms with van der Waals surface area (Å²) in [5, 5.41) is 14.1. The number of para-hydroxylation sites is 1. The maximum Gasteiger partial charge on any atom is 0.272 e. The molecule has 158 valence electrons. The van der Waals surface area contributed by atoms with Crippen molar-refractivity contribution in [1.82, 2.24) is 5.32 Å². The molecule has 0 heterocycles. The Bertz CT molecular complexity index is 1040. The summed E-state index contributed by atoms with van der Waals surface area (Å²) in [4.78, 5) is 36.5. The van der Waals surface area contributed by atoms with Crippen LogP contribution in [0.1, 0.15) is 23.6 Å². The lowest BCUT2D eigenvalue weighted by Crippen LogP contribution is -2.52. The molecular formula is C24H23N3O4. The molecule has 7 nitrogen and oxygen atoms in total. The Hall–Kier alpha value is -4.00. The van der Waals surface area contributed by atoms with Crippen molar-refractivity contribution in [2.45, 2.75) is 24.8 Å². The van der Waals surface area contributed by atoms with Gasteiger partial charge < -0.3 is 11.1 Å². The molecule has 0 bridgehead atoms. The van der Waals surface area contributed by atoms with E-state index in [1.807, 2.05) is 60.7 Å². The number of nitrogens with zero attached hydrogens (tertiary/aromatic N) is 1. The normalized spacial score (nSPS) is 12.0. The van der Waals surface area contributed by atoms with Crippen LogP contribution < -0.4 is 11.1 Å². The summed E-state index contributed by atoms with van der Waals surface area (Å²) in [6, 6.07) is 23.4. The minimum Gasteiger partial charge on any atom is -0.368 e. The summed E-state index contributed by atoms with van der Waals surface area (Å²) in [5.41, 5.74) is 6.13. The third-order valence-electron chi connectivity index (χ3n) is 5.42. The number of amides is 2. The van der Waals surface area contributed by atoms with E-state index >= 15 is 0 Å². The Kier molecular flexibility index (Phi) is 6.45. The summed E-state index contributed by atoms with van der Waals surface area (Å²) in [5.74, 6) is -1.19. The molecule has 0 spiro atoms. The molecule has 1 atom stereocenters. The van der Waals surface area contributed by atoms with E-state index in [1.165, 1.54) is 6.07 Å². The molecular weight excluding hydrogens is 394 g/mol. The van der Waals surface area contributed by atoms with Crippen LogP contribution in [0.4, 0.5) is 5.69 Å². The van der Waals surface area contributed by atoms with Crippen molar-refractivity contribution in [3.63, 3.8) is 0 Å². The van der Waals surface area contributed by atoms with Crippen molar-refractivity contribution >= 4 is 17.5 Å². The predicted octanol–water partition coefficient (Wildman–Crippen LogP) is 3.11. The summed E-state index contributed by atoms with van der Waals surface area (Å²) in [6.45, 7) is 1.77. The van der Waals surface area contributed by atoms with E-state index < -0.39 is 28.2 Å². The topological polar surface area (TPSA) is 115 Å². The van der Waals surface area contributed by atoms with Gasteiger partial charge in [-0.15, -0.1) is 0 Å². The molecule has 3 rings (SSSR count). The Labute approximate surface area is 180 Å². The third-order valence-corrected chi connectivity index (χ3v) is 5.42. The van der Waals surface area contributed by atoms with E-state index in [9.17, 15) is 19.7 Å². The number of carbonyl (C=O) groups excluding carboxylic acids is 2. The summed E-state index contributed by atoms with van der Waals surface area (Å²) in [7, 11) is 0. The zero-order valence-corrected chi connectivity index (χ0v) is 17.0. The van der Waals surface area contributed by atoms with Gasteiger partial charge in [-0.2, -0.15) is 0 Å². The van der Waals surface area contributed by atoms with Crippen molar-refractivity contribution in [3.8, 4) is 0 Å². The third kappa shape index (κ3) is 4.61. The van der Waals surface area contributed by atoms with Crippen LogP contribution in [-0.2, 0) is 21.4 Å². The zero-order valence-electron chi connectivity index (χ0n) is 17.0. The molecule has 2 amide bonds. The Morgan fingerprint density at radius 3 is 1.90 bits per heavy atom. The molecule has 0 aromatic heterocycles. The minimum absolute atomic E-state index is 0.0854. The number of nitrogens with one attached hydrogen (secondary N) is 1. The number of hydrogen-bond acceptors (Lipinski definition) is 4. The van der Waals surface area contributed by atoms with E-state index in [1.54, 1.807) is 25.1 Å². The minimum atomic E-state index is -1.11. The molecule has 0 saturated carbocycles. The molecule has 0 unspecified atom stereocenters. The SMILES string of the molecule is CC(C(=O)N[C@@H](Cc1ccccc1[N+](=O)[O-])C(N)=O)(c1ccccc1)c1ccccc1. The lowest BCUT2D eigenvalue weighted by molar-refractivity contribution is -0.385. The van der Waals surface area contributed by atoms with Gasteiger partial charge in [0.1, 0.15) is 6.04 Å². The number of primary amides is 1. The van der Waals surface area contributed by atoms with Gasteiger partial charge in [0.2, 0.25) is 11.8 Å². The van der Waals surface area contributed by atoms with E-state index in [0.29, 0.717) is 5.56 Å². The second kappa shape index (κ2) is 9.21. The highest BCUT2D eigenvalue weighted by Gasteiger charge is 2.39. The second-order valence-electron chi connectivity index (χ2n) is 7.38. The highest BCUT2D eigenvalue weighted by atomic mass is 16.6. The van der Waals surface area contributed by atoms with Gasteiger partial charge in [-0.1, -0.05) is 78.9 Å². The number of hydrogen-bond donors (Lipinski definition) is 2. The average molecular weight is 417 g/mol. The van der Waals surface area contributed by atoms with Gasteiger partial charge in [0.05, 0.1) is 10.3 Å². The van der Waals surface area contributed by atoms with Crippen LogP contribution in [-0.4, -0.2) is 22.8 Å². The van der Waals surface area contributed by atoms with Crippen LogP contribution in [0.2, 0.25) is 0 Å². The number of nitro benzene ring substituents is 1. The fourth-order valence-corrected chi connectivity index (χ4v) is 3.58. The van der Waals surface area contributed by atoms with E-state index in [2.05, 4.69) is 5.32 Å². The van der Waals surface area contributed by atoms with E-state index in [-0.39, 0.29) is 12.1 Å². The first-order valence-corrected chi connectivity index (χ1v) is 9.77. The lowest BCUT2D eigenvalue weighted by Gasteiger charge is -2.31. The quantitative estimate of drug-likeness (QED) is 0.433. The van der Waals surface area contributed by atoms with Gasteiger partial charge in [0, 0.05) is 18.1 Å². The number of rotatable bonds is 8. The maximum absolute atomic E-state index is 13.5. The monoisotopic (exact) mass is 417 g/mol. The van der Waals surface area contributed by atoms with Crippen molar-refractivity contribution in [3.05, 3.63) is 112 Å². The van der Waals surface area contributed by atoms with Crippen LogP contribution in [0.25, 0.3) is 0 Å². The fraction of sp³-hybridized carbons (Fsp3) is 0.167. The zero-order chi connectivity index (χ0) is 22.4. The summed E-state index contributed by atoms with van der Waals surface area (Å²) < 4.78 is 0. The van der Waals surface area contributed by atoms with Crippen molar-refractivity contribution in [1.29, 1.82) is 0 Å². The molecule has 3 aromatic rings. The van der Waals surface area contributed by atoms with Gasteiger partial charge in [-0.25, -0.2) is 0 Å². The molecule has 0 aliphatic carbocycles. The average Bonchev–Trinajstić information content (AvgIpc) is 2.79. The molecule has 0 aliphatic rings. The Morgan fingerprint density at radius 1 is 0.935 bits per heavy atom. The molecule has 0 aliphatic heterocycles. The molecule has 0 saturated heterocycles. The largest absolute Gasteiger partial charge is 0.368 e. The number of benzene rings is 3. The summed E-state index contributed by atoms with van der Waals surface area (Å²) in [6.07, 6.45) is -0.0854. The molecule has 3 N–H and O–H groups in total. The lowest BCUT2D eigenvalue weighted by atomic mass is 9.75. The van der Waals surface area contributed by atoms with Crippen molar-refractivity contribution in [2.75, 3.05) is 0 Å². The molecule has 7 heteroatoms.